The SMILES string of the molecule is O=C(CC1CC2CCN1CC2)c1ccccn1. The van der Waals surface area contributed by atoms with Crippen molar-refractivity contribution >= 4 is 5.78 Å². The number of nitrogens with zero attached hydrogens (tertiary/aromatic N) is 2. The Hall–Kier alpha value is -1.22. The molecule has 3 nitrogen and oxygen atoms in total. The third-order valence-corrected chi connectivity index (χ3v) is 4.14. The van der Waals surface area contributed by atoms with Crippen molar-refractivity contribution in [2.24, 2.45) is 5.92 Å². The lowest BCUT2D eigenvalue weighted by molar-refractivity contribution is 0.0426. The van der Waals surface area contributed by atoms with E-state index < -0.39 is 0 Å². The van der Waals surface area contributed by atoms with E-state index in [1.807, 2.05) is 18.2 Å². The standard InChI is InChI=1S/C14H18N2O/c17-14(13-3-1-2-6-15-13)10-12-9-11-4-7-16(12)8-5-11/h1-3,6,11-12H,4-5,7-10H2. The van der Waals surface area contributed by atoms with Crippen LogP contribution in [0.25, 0.3) is 0 Å². The Morgan fingerprint density at radius 2 is 2.18 bits per heavy atom. The first kappa shape index (κ1) is 10.9. The topological polar surface area (TPSA) is 33.2 Å². The lowest BCUT2D eigenvalue weighted by Crippen LogP contribution is -2.49. The monoisotopic (exact) mass is 230 g/mol. The van der Waals surface area contributed by atoms with Gasteiger partial charge in [-0.1, -0.05) is 6.07 Å². The molecule has 3 aliphatic heterocycles. The minimum atomic E-state index is 0.197. The molecule has 1 unspecified atom stereocenters. The second-order valence-electron chi connectivity index (χ2n) is 5.21. The van der Waals surface area contributed by atoms with Gasteiger partial charge in [-0.15, -0.1) is 0 Å². The summed E-state index contributed by atoms with van der Waals surface area (Å²) in [6.07, 6.45) is 6.20. The van der Waals surface area contributed by atoms with Crippen LogP contribution in [0.3, 0.4) is 0 Å². The molecule has 0 spiro atoms. The molecule has 4 rings (SSSR count). The zero-order chi connectivity index (χ0) is 11.7. The van der Waals surface area contributed by atoms with Crippen molar-refractivity contribution in [2.75, 3.05) is 13.1 Å². The molecule has 1 atom stereocenters. The molecule has 0 aromatic carbocycles. The Morgan fingerprint density at radius 3 is 2.76 bits per heavy atom. The maximum atomic E-state index is 12.1. The van der Waals surface area contributed by atoms with Gasteiger partial charge in [-0.25, -0.2) is 0 Å². The number of ketones is 1. The van der Waals surface area contributed by atoms with E-state index in [2.05, 4.69) is 9.88 Å². The Morgan fingerprint density at radius 1 is 1.35 bits per heavy atom. The Labute approximate surface area is 102 Å². The van der Waals surface area contributed by atoms with E-state index >= 15 is 0 Å². The highest BCUT2D eigenvalue weighted by atomic mass is 16.1. The van der Waals surface area contributed by atoms with E-state index in [1.165, 1.54) is 32.4 Å². The minimum Gasteiger partial charge on any atom is -0.300 e. The van der Waals surface area contributed by atoms with Crippen molar-refractivity contribution < 1.29 is 4.79 Å². The van der Waals surface area contributed by atoms with E-state index in [-0.39, 0.29) is 5.78 Å². The van der Waals surface area contributed by atoms with Gasteiger partial charge in [0.25, 0.3) is 0 Å². The van der Waals surface area contributed by atoms with Gasteiger partial charge >= 0.3 is 0 Å². The second kappa shape index (κ2) is 4.57. The molecule has 3 aliphatic rings. The predicted octanol–water partition coefficient (Wildman–Crippen LogP) is 2.14. The van der Waals surface area contributed by atoms with Crippen molar-refractivity contribution in [1.29, 1.82) is 0 Å². The van der Waals surface area contributed by atoms with Crippen LogP contribution in [0, 0.1) is 5.92 Å². The molecule has 0 N–H and O–H groups in total. The minimum absolute atomic E-state index is 0.197. The van der Waals surface area contributed by atoms with Crippen LogP contribution in [-0.2, 0) is 0 Å². The Kier molecular flexibility index (Phi) is 2.93. The molecule has 4 heterocycles. The largest absolute Gasteiger partial charge is 0.300 e. The predicted molar refractivity (Wildman–Crippen MR) is 65.9 cm³/mol. The zero-order valence-electron chi connectivity index (χ0n) is 10.0. The van der Waals surface area contributed by atoms with Crippen LogP contribution in [0.15, 0.2) is 24.4 Å². The van der Waals surface area contributed by atoms with E-state index in [0.717, 1.165) is 5.92 Å². The van der Waals surface area contributed by atoms with Gasteiger partial charge in [0.05, 0.1) is 0 Å². The molecule has 3 saturated heterocycles. The number of hydrogen-bond donors (Lipinski definition) is 0. The van der Waals surface area contributed by atoms with Crippen molar-refractivity contribution in [1.82, 2.24) is 9.88 Å². The third-order valence-electron chi connectivity index (χ3n) is 4.14. The van der Waals surface area contributed by atoms with E-state index in [9.17, 15) is 4.79 Å². The summed E-state index contributed by atoms with van der Waals surface area (Å²) in [7, 11) is 0. The molecule has 1 aromatic rings. The first-order valence-electron chi connectivity index (χ1n) is 6.51. The van der Waals surface area contributed by atoms with Gasteiger partial charge in [0.2, 0.25) is 0 Å². The quantitative estimate of drug-likeness (QED) is 0.746. The lowest BCUT2D eigenvalue weighted by Gasteiger charge is -2.45. The van der Waals surface area contributed by atoms with E-state index in [4.69, 9.17) is 0 Å². The Balaban J connectivity index is 1.66. The van der Waals surface area contributed by atoms with Crippen molar-refractivity contribution in [3.8, 4) is 0 Å². The molecule has 90 valence electrons. The Bertz CT molecular complexity index is 396. The average molecular weight is 230 g/mol. The molecular weight excluding hydrogens is 212 g/mol. The van der Waals surface area contributed by atoms with Crippen molar-refractivity contribution in [2.45, 2.75) is 31.7 Å². The van der Waals surface area contributed by atoms with Crippen LogP contribution in [0.4, 0.5) is 0 Å². The molecule has 0 radical (unpaired) electrons. The van der Waals surface area contributed by atoms with Crippen molar-refractivity contribution in [3.05, 3.63) is 30.1 Å². The molecule has 3 fully saturated rings. The number of hydrogen-bond acceptors (Lipinski definition) is 3. The molecule has 1 aromatic heterocycles. The van der Waals surface area contributed by atoms with Gasteiger partial charge in [-0.2, -0.15) is 0 Å². The number of Topliss-reactive ketones (excluding diaryl/α,β-unsaturated/α-hetero) is 1. The van der Waals surface area contributed by atoms with Gasteiger partial charge in [0, 0.05) is 18.7 Å². The maximum absolute atomic E-state index is 12.1. The first-order chi connectivity index (χ1) is 8.33. The number of pyridine rings is 1. The molecule has 17 heavy (non-hydrogen) atoms. The number of rotatable bonds is 3. The van der Waals surface area contributed by atoms with E-state index in [0.29, 0.717) is 18.2 Å². The maximum Gasteiger partial charge on any atom is 0.182 e. The summed E-state index contributed by atoms with van der Waals surface area (Å²) in [5.74, 6) is 1.06. The highest BCUT2D eigenvalue weighted by molar-refractivity contribution is 5.94. The highest BCUT2D eigenvalue weighted by Crippen LogP contribution is 2.33. The lowest BCUT2D eigenvalue weighted by atomic mass is 9.81. The number of aromatic nitrogens is 1. The molecule has 2 bridgehead atoms. The molecule has 0 aliphatic carbocycles. The summed E-state index contributed by atoms with van der Waals surface area (Å²) in [6, 6.07) is 6.02. The number of piperidine rings is 3. The third kappa shape index (κ3) is 2.25. The average Bonchev–Trinajstić information content (AvgIpc) is 2.41. The fourth-order valence-electron chi connectivity index (χ4n) is 3.15. The van der Waals surface area contributed by atoms with Gasteiger partial charge in [0.15, 0.2) is 5.78 Å². The van der Waals surface area contributed by atoms with Crippen LogP contribution in [0.5, 0.6) is 0 Å². The van der Waals surface area contributed by atoms with Gasteiger partial charge < -0.3 is 0 Å². The molecule has 0 saturated carbocycles. The van der Waals surface area contributed by atoms with Gasteiger partial charge in [-0.3, -0.25) is 14.7 Å². The number of carbonyl (C=O) groups is 1. The fourth-order valence-corrected chi connectivity index (χ4v) is 3.15. The summed E-state index contributed by atoms with van der Waals surface area (Å²) in [6.45, 7) is 2.37. The summed E-state index contributed by atoms with van der Waals surface area (Å²) in [4.78, 5) is 18.7. The highest BCUT2D eigenvalue weighted by Gasteiger charge is 2.34. The number of fused-ring (bicyclic) bond motifs is 3. The first-order valence-corrected chi connectivity index (χ1v) is 6.51. The van der Waals surface area contributed by atoms with E-state index in [1.54, 1.807) is 6.20 Å². The smallest absolute Gasteiger partial charge is 0.182 e. The second-order valence-corrected chi connectivity index (χ2v) is 5.21. The molecule has 3 heteroatoms. The van der Waals surface area contributed by atoms with Crippen LogP contribution >= 0.6 is 0 Å². The summed E-state index contributed by atoms with van der Waals surface area (Å²) in [5, 5.41) is 0. The van der Waals surface area contributed by atoms with Crippen LogP contribution in [-0.4, -0.2) is 34.8 Å². The summed E-state index contributed by atoms with van der Waals surface area (Å²) >= 11 is 0. The van der Waals surface area contributed by atoms with Gasteiger partial charge in [0.1, 0.15) is 5.69 Å². The van der Waals surface area contributed by atoms with Crippen LogP contribution in [0.1, 0.15) is 36.2 Å². The van der Waals surface area contributed by atoms with Gasteiger partial charge in [-0.05, 0) is 50.4 Å². The summed E-state index contributed by atoms with van der Waals surface area (Å²) in [5.41, 5.74) is 0.621. The molecule has 0 amide bonds. The van der Waals surface area contributed by atoms with Crippen LogP contribution < -0.4 is 0 Å². The summed E-state index contributed by atoms with van der Waals surface area (Å²) < 4.78 is 0. The zero-order valence-corrected chi connectivity index (χ0v) is 10.0. The fraction of sp³-hybridized carbons (Fsp3) is 0.571. The van der Waals surface area contributed by atoms with Crippen molar-refractivity contribution in [3.63, 3.8) is 0 Å². The number of carbonyl (C=O) groups excluding carboxylic acids is 1. The molecular formula is C14H18N2O. The normalized spacial score (nSPS) is 31.4. The van der Waals surface area contributed by atoms with Crippen LogP contribution in [0.2, 0.25) is 0 Å².